The Hall–Kier alpha value is -1.34. The molecule has 1 atom stereocenters. The zero-order chi connectivity index (χ0) is 19.3. The van der Waals surface area contributed by atoms with Gasteiger partial charge in [0.15, 0.2) is 5.12 Å². The molecule has 0 aliphatic rings. The Morgan fingerprint density at radius 2 is 1.80 bits per heavy atom. The van der Waals surface area contributed by atoms with E-state index >= 15 is 0 Å². The first kappa shape index (κ1) is 21.7. The normalized spacial score (nSPS) is 12.0. The molecule has 0 N–H and O–H groups in total. The molecule has 0 bridgehead atoms. The Morgan fingerprint density at radius 3 is 2.32 bits per heavy atom. The number of carbonyl (C=O) groups excluding carboxylic acids is 3. The van der Waals surface area contributed by atoms with Crippen molar-refractivity contribution in [3.63, 3.8) is 0 Å². The molecule has 0 heterocycles. The average molecular weight is 430 g/mol. The van der Waals surface area contributed by atoms with E-state index in [4.69, 9.17) is 4.74 Å². The Labute approximate surface area is 161 Å². The molecule has 1 aromatic rings. The summed E-state index contributed by atoms with van der Waals surface area (Å²) in [5, 5.41) is -0.0540. The maximum Gasteiger partial charge on any atom is 0.328 e. The fraction of sp³-hybridized carbons (Fsp3) is 0.500. The maximum absolute atomic E-state index is 12.9. The highest BCUT2D eigenvalue weighted by Crippen LogP contribution is 2.32. The first-order valence-electron chi connectivity index (χ1n) is 7.94. The van der Waals surface area contributed by atoms with Gasteiger partial charge in [-0.3, -0.25) is 14.5 Å². The van der Waals surface area contributed by atoms with Gasteiger partial charge < -0.3 is 4.74 Å². The molecular formula is C18H24BrNO4S. The van der Waals surface area contributed by atoms with Gasteiger partial charge in [-0.1, -0.05) is 47.6 Å². The van der Waals surface area contributed by atoms with Gasteiger partial charge in [-0.05, 0) is 38.0 Å². The third kappa shape index (κ3) is 5.31. The number of nitrogens with zero attached hydrogens (tertiary/aromatic N) is 1. The minimum atomic E-state index is -0.793. The summed E-state index contributed by atoms with van der Waals surface area (Å²) in [5.41, 5.74) is 2.38. The van der Waals surface area contributed by atoms with E-state index in [0.717, 1.165) is 27.4 Å². The van der Waals surface area contributed by atoms with Crippen molar-refractivity contribution in [2.45, 2.75) is 40.7 Å². The second-order valence-corrected chi connectivity index (χ2v) is 7.90. The number of hydrogen-bond acceptors (Lipinski definition) is 5. The van der Waals surface area contributed by atoms with Crippen molar-refractivity contribution >= 4 is 50.4 Å². The van der Waals surface area contributed by atoms with Gasteiger partial charge in [-0.25, -0.2) is 4.79 Å². The van der Waals surface area contributed by atoms with Crippen LogP contribution in [0.5, 0.6) is 0 Å². The molecule has 1 amide bonds. The van der Waals surface area contributed by atoms with Crippen molar-refractivity contribution in [2.24, 2.45) is 5.92 Å². The summed E-state index contributed by atoms with van der Waals surface area (Å²) in [5.74, 6) is -0.990. The Balaban J connectivity index is 3.27. The maximum atomic E-state index is 12.9. The lowest BCUT2D eigenvalue weighted by molar-refractivity contribution is -0.142. The molecule has 5 nitrogen and oxygen atoms in total. The van der Waals surface area contributed by atoms with Gasteiger partial charge in [0.1, 0.15) is 6.04 Å². The van der Waals surface area contributed by atoms with Gasteiger partial charge in [0.25, 0.3) is 0 Å². The molecule has 1 rings (SSSR count). The van der Waals surface area contributed by atoms with Crippen LogP contribution in [0, 0.1) is 19.8 Å². The number of anilines is 1. The number of halogens is 1. The van der Waals surface area contributed by atoms with Crippen molar-refractivity contribution in [1.29, 1.82) is 0 Å². The van der Waals surface area contributed by atoms with Crippen LogP contribution >= 0.6 is 27.7 Å². The van der Waals surface area contributed by atoms with Crippen LogP contribution in [0.1, 0.15) is 31.9 Å². The van der Waals surface area contributed by atoms with Gasteiger partial charge in [0.05, 0.1) is 18.6 Å². The van der Waals surface area contributed by atoms with E-state index in [9.17, 15) is 14.4 Å². The number of thioether (sulfide) groups is 1. The van der Waals surface area contributed by atoms with Crippen molar-refractivity contribution in [2.75, 3.05) is 17.8 Å². The number of rotatable bonds is 6. The van der Waals surface area contributed by atoms with Gasteiger partial charge in [-0.2, -0.15) is 0 Å². The summed E-state index contributed by atoms with van der Waals surface area (Å²) in [4.78, 5) is 38.2. The third-order valence-electron chi connectivity index (χ3n) is 3.82. The number of carbonyl (C=O) groups is 3. The molecule has 25 heavy (non-hydrogen) atoms. The fourth-order valence-corrected chi connectivity index (χ4v) is 3.42. The fourth-order valence-electron chi connectivity index (χ4n) is 2.36. The van der Waals surface area contributed by atoms with Crippen LogP contribution in [0.2, 0.25) is 0 Å². The highest BCUT2D eigenvalue weighted by Gasteiger charge is 2.31. The summed E-state index contributed by atoms with van der Waals surface area (Å²) < 4.78 is 5.66. The number of aryl methyl sites for hydroxylation is 1. The van der Waals surface area contributed by atoms with Crippen LogP contribution in [-0.4, -0.2) is 35.9 Å². The highest BCUT2D eigenvalue weighted by molar-refractivity contribution is 9.10. The van der Waals surface area contributed by atoms with Crippen molar-refractivity contribution in [3.8, 4) is 0 Å². The number of hydrogen-bond donors (Lipinski definition) is 0. The highest BCUT2D eigenvalue weighted by atomic mass is 79.9. The zero-order valence-electron chi connectivity index (χ0n) is 15.4. The molecular weight excluding hydrogens is 406 g/mol. The number of ether oxygens (including phenoxy) is 1. The van der Waals surface area contributed by atoms with E-state index in [0.29, 0.717) is 5.69 Å². The SMILES string of the molecule is COC(=O)[C@H](C)N(C(=O)CSC(=O)C(C)C)c1c(C)ccc(Br)c1C. The van der Waals surface area contributed by atoms with Gasteiger partial charge in [-0.15, -0.1) is 0 Å². The number of esters is 1. The Morgan fingerprint density at radius 1 is 1.20 bits per heavy atom. The summed E-state index contributed by atoms with van der Waals surface area (Å²) in [6.45, 7) is 8.96. The third-order valence-corrected chi connectivity index (χ3v) is 5.82. The largest absolute Gasteiger partial charge is 0.467 e. The molecule has 0 saturated carbocycles. The predicted octanol–water partition coefficient (Wildman–Crippen LogP) is 3.88. The van der Waals surface area contributed by atoms with E-state index in [1.165, 1.54) is 12.0 Å². The molecule has 138 valence electrons. The predicted molar refractivity (Wildman–Crippen MR) is 105 cm³/mol. The molecule has 0 spiro atoms. The molecule has 1 aromatic carbocycles. The minimum Gasteiger partial charge on any atom is -0.467 e. The lowest BCUT2D eigenvalue weighted by Crippen LogP contribution is -2.46. The van der Waals surface area contributed by atoms with Gasteiger partial charge in [0, 0.05) is 10.4 Å². The first-order valence-corrected chi connectivity index (χ1v) is 9.71. The summed E-state index contributed by atoms with van der Waals surface area (Å²) >= 11 is 4.44. The molecule has 0 fully saturated rings. The van der Waals surface area contributed by atoms with Crippen LogP contribution in [0.25, 0.3) is 0 Å². The Kier molecular flexibility index (Phi) is 8.15. The van der Waals surface area contributed by atoms with Crippen LogP contribution in [0.4, 0.5) is 5.69 Å². The molecule has 0 aliphatic heterocycles. The molecule has 0 unspecified atom stereocenters. The second-order valence-electron chi connectivity index (χ2n) is 6.06. The van der Waals surface area contributed by atoms with Gasteiger partial charge in [0.2, 0.25) is 5.91 Å². The monoisotopic (exact) mass is 429 g/mol. The van der Waals surface area contributed by atoms with E-state index < -0.39 is 12.0 Å². The van der Waals surface area contributed by atoms with E-state index in [2.05, 4.69) is 15.9 Å². The summed E-state index contributed by atoms with van der Waals surface area (Å²) in [7, 11) is 1.29. The lowest BCUT2D eigenvalue weighted by Gasteiger charge is -2.30. The van der Waals surface area contributed by atoms with Crippen molar-refractivity contribution in [3.05, 3.63) is 27.7 Å². The van der Waals surface area contributed by atoms with E-state index in [-0.39, 0.29) is 22.7 Å². The first-order chi connectivity index (χ1) is 11.6. The van der Waals surface area contributed by atoms with Crippen LogP contribution < -0.4 is 4.90 Å². The molecule has 0 aliphatic carbocycles. The molecule has 7 heteroatoms. The molecule has 0 radical (unpaired) electrons. The topological polar surface area (TPSA) is 63.7 Å². The van der Waals surface area contributed by atoms with Crippen LogP contribution in [0.3, 0.4) is 0 Å². The smallest absolute Gasteiger partial charge is 0.328 e. The average Bonchev–Trinajstić information content (AvgIpc) is 2.58. The van der Waals surface area contributed by atoms with Crippen molar-refractivity contribution < 1.29 is 19.1 Å². The van der Waals surface area contributed by atoms with Crippen LogP contribution in [0.15, 0.2) is 16.6 Å². The number of amides is 1. The van der Waals surface area contributed by atoms with E-state index in [1.54, 1.807) is 20.8 Å². The number of methoxy groups -OCH3 is 1. The Bertz CT molecular complexity index is 675. The zero-order valence-corrected chi connectivity index (χ0v) is 17.8. The van der Waals surface area contributed by atoms with Gasteiger partial charge >= 0.3 is 5.97 Å². The second kappa shape index (κ2) is 9.38. The standard InChI is InChI=1S/C18H24BrNO4S/c1-10(2)18(23)25-9-15(21)20(13(5)17(22)24-6)16-11(3)7-8-14(19)12(16)4/h7-8,10,13H,9H2,1-6H3/t13-/m0/s1. The van der Waals surface area contributed by atoms with E-state index in [1.807, 2.05) is 26.0 Å². The molecule has 0 aromatic heterocycles. The molecule has 0 saturated heterocycles. The van der Waals surface area contributed by atoms with Crippen LogP contribution in [-0.2, 0) is 19.1 Å². The minimum absolute atomic E-state index is 0.0241. The summed E-state index contributed by atoms with van der Waals surface area (Å²) in [6.07, 6.45) is 0. The van der Waals surface area contributed by atoms with Crippen molar-refractivity contribution in [1.82, 2.24) is 0 Å². The quantitative estimate of drug-likeness (QED) is 0.641. The lowest BCUT2D eigenvalue weighted by atomic mass is 10.1. The summed E-state index contributed by atoms with van der Waals surface area (Å²) in [6, 6.07) is 2.98. The number of benzene rings is 1.